The molecule has 164 valence electrons. The third-order valence-corrected chi connectivity index (χ3v) is 5.73. The Kier molecular flexibility index (Phi) is 6.85. The Bertz CT molecular complexity index is 1030. The van der Waals surface area contributed by atoms with Crippen LogP contribution in [0.5, 0.6) is 0 Å². The van der Waals surface area contributed by atoms with Gasteiger partial charge in [0, 0.05) is 18.4 Å². The summed E-state index contributed by atoms with van der Waals surface area (Å²) in [4.78, 5) is 24.3. The van der Waals surface area contributed by atoms with Gasteiger partial charge in [0.1, 0.15) is 13.2 Å². The Morgan fingerprint density at radius 1 is 0.844 bits per heavy atom. The first-order chi connectivity index (χ1) is 15.6. The smallest absolute Gasteiger partial charge is 0.407 e. The highest BCUT2D eigenvalue weighted by molar-refractivity contribution is 5.79. The van der Waals surface area contributed by atoms with E-state index in [1.165, 1.54) is 22.3 Å². The van der Waals surface area contributed by atoms with Crippen molar-refractivity contribution in [3.05, 3.63) is 95.6 Å². The van der Waals surface area contributed by atoms with Crippen molar-refractivity contribution in [1.29, 1.82) is 0 Å². The average Bonchev–Trinajstić information content (AvgIpc) is 3.14. The second-order valence-corrected chi connectivity index (χ2v) is 8.06. The van der Waals surface area contributed by atoms with E-state index < -0.39 is 6.09 Å². The zero-order valence-electron chi connectivity index (χ0n) is 18.1. The summed E-state index contributed by atoms with van der Waals surface area (Å²) in [5.41, 5.74) is 5.69. The summed E-state index contributed by atoms with van der Waals surface area (Å²) in [5.74, 6) is -0.258. The molecular weight excluding hydrogens is 402 g/mol. The highest BCUT2D eigenvalue weighted by atomic mass is 16.5. The van der Waals surface area contributed by atoms with E-state index in [1.807, 2.05) is 61.5 Å². The first-order valence-electron chi connectivity index (χ1n) is 10.9. The van der Waals surface area contributed by atoms with E-state index in [-0.39, 0.29) is 37.6 Å². The lowest BCUT2D eigenvalue weighted by Gasteiger charge is -2.17. The molecule has 3 aromatic rings. The molecule has 0 heterocycles. The maximum absolute atomic E-state index is 12.3. The van der Waals surface area contributed by atoms with Gasteiger partial charge in [-0.15, -0.1) is 0 Å². The monoisotopic (exact) mass is 429 g/mol. The van der Waals surface area contributed by atoms with Crippen LogP contribution in [0.4, 0.5) is 4.79 Å². The van der Waals surface area contributed by atoms with Gasteiger partial charge in [0.25, 0.3) is 0 Å². The van der Waals surface area contributed by atoms with Crippen LogP contribution in [0.15, 0.2) is 78.9 Å². The van der Waals surface area contributed by atoms with Crippen molar-refractivity contribution >= 4 is 12.1 Å². The molecule has 5 heteroatoms. The number of esters is 1. The quantitative estimate of drug-likeness (QED) is 0.485. The van der Waals surface area contributed by atoms with Crippen molar-refractivity contribution in [2.75, 3.05) is 6.61 Å². The SMILES string of the molecule is C[C@H](CCC(=O)OCc1ccccc1)NC(=O)OCC1c2ccccc2-c2ccccc21. The summed E-state index contributed by atoms with van der Waals surface area (Å²) < 4.78 is 10.8. The zero-order chi connectivity index (χ0) is 22.3. The fourth-order valence-corrected chi connectivity index (χ4v) is 4.06. The predicted molar refractivity (Wildman–Crippen MR) is 123 cm³/mol. The molecule has 0 spiro atoms. The molecule has 3 aromatic carbocycles. The van der Waals surface area contributed by atoms with Crippen molar-refractivity contribution in [1.82, 2.24) is 5.32 Å². The van der Waals surface area contributed by atoms with Crippen LogP contribution in [0.2, 0.25) is 0 Å². The van der Waals surface area contributed by atoms with E-state index in [4.69, 9.17) is 9.47 Å². The topological polar surface area (TPSA) is 64.6 Å². The van der Waals surface area contributed by atoms with Crippen LogP contribution in [-0.4, -0.2) is 24.7 Å². The van der Waals surface area contributed by atoms with E-state index in [1.54, 1.807) is 0 Å². The van der Waals surface area contributed by atoms with E-state index in [0.717, 1.165) is 5.56 Å². The second kappa shape index (κ2) is 10.1. The molecule has 0 saturated heterocycles. The third kappa shape index (κ3) is 5.17. The fourth-order valence-electron chi connectivity index (χ4n) is 4.06. The Hall–Kier alpha value is -3.60. The van der Waals surface area contributed by atoms with Gasteiger partial charge in [0.15, 0.2) is 0 Å². The molecule has 0 aromatic heterocycles. The standard InChI is InChI=1S/C27H27NO4/c1-19(15-16-26(29)31-17-20-9-3-2-4-10-20)28-27(30)32-18-25-23-13-7-5-11-21(23)22-12-6-8-14-24(22)25/h2-14,19,25H,15-18H2,1H3,(H,28,30)/t19-/m1/s1. The molecule has 0 aliphatic heterocycles. The summed E-state index contributed by atoms with van der Waals surface area (Å²) >= 11 is 0. The minimum Gasteiger partial charge on any atom is -0.461 e. The van der Waals surface area contributed by atoms with Gasteiger partial charge in [-0.2, -0.15) is 0 Å². The molecule has 0 unspecified atom stereocenters. The zero-order valence-corrected chi connectivity index (χ0v) is 18.1. The van der Waals surface area contributed by atoms with Gasteiger partial charge in [-0.05, 0) is 41.2 Å². The van der Waals surface area contributed by atoms with Crippen LogP contribution in [0.3, 0.4) is 0 Å². The second-order valence-electron chi connectivity index (χ2n) is 8.06. The van der Waals surface area contributed by atoms with E-state index in [0.29, 0.717) is 6.42 Å². The van der Waals surface area contributed by atoms with Crippen LogP contribution in [0.1, 0.15) is 42.4 Å². The molecule has 0 radical (unpaired) electrons. The number of carbonyl (C=O) groups excluding carboxylic acids is 2. The van der Waals surface area contributed by atoms with Crippen molar-refractivity contribution in [3.8, 4) is 11.1 Å². The molecule has 1 aliphatic rings. The van der Waals surface area contributed by atoms with Crippen LogP contribution < -0.4 is 5.32 Å². The van der Waals surface area contributed by atoms with Crippen LogP contribution in [-0.2, 0) is 20.9 Å². The lowest BCUT2D eigenvalue weighted by molar-refractivity contribution is -0.145. The minimum atomic E-state index is -0.475. The van der Waals surface area contributed by atoms with E-state index in [9.17, 15) is 9.59 Å². The molecule has 1 aliphatic carbocycles. The molecule has 0 fully saturated rings. The summed E-state index contributed by atoms with van der Waals surface area (Å²) in [6.07, 6.45) is 0.243. The van der Waals surface area contributed by atoms with Gasteiger partial charge in [-0.3, -0.25) is 4.79 Å². The first kappa shape index (κ1) is 21.6. The highest BCUT2D eigenvalue weighted by Gasteiger charge is 2.29. The van der Waals surface area contributed by atoms with Gasteiger partial charge in [-0.25, -0.2) is 4.79 Å². The van der Waals surface area contributed by atoms with Crippen LogP contribution in [0.25, 0.3) is 11.1 Å². The third-order valence-electron chi connectivity index (χ3n) is 5.73. The van der Waals surface area contributed by atoms with Crippen molar-refractivity contribution in [2.24, 2.45) is 0 Å². The predicted octanol–water partition coefficient (Wildman–Crippen LogP) is 5.44. The molecule has 4 rings (SSSR count). The molecule has 1 atom stereocenters. The van der Waals surface area contributed by atoms with Crippen molar-refractivity contribution in [3.63, 3.8) is 0 Å². The molecule has 32 heavy (non-hydrogen) atoms. The summed E-state index contributed by atoms with van der Waals surface area (Å²) in [6, 6.07) is 25.8. The summed E-state index contributed by atoms with van der Waals surface area (Å²) in [5, 5.41) is 2.81. The molecular formula is C27H27NO4. The summed E-state index contributed by atoms with van der Waals surface area (Å²) in [6.45, 7) is 2.38. The number of carbonyl (C=O) groups is 2. The Labute approximate surface area is 188 Å². The number of hydrogen-bond acceptors (Lipinski definition) is 4. The van der Waals surface area contributed by atoms with Gasteiger partial charge in [0.05, 0.1) is 0 Å². The summed E-state index contributed by atoms with van der Waals surface area (Å²) in [7, 11) is 0. The highest BCUT2D eigenvalue weighted by Crippen LogP contribution is 2.44. The maximum Gasteiger partial charge on any atom is 0.407 e. The molecule has 5 nitrogen and oxygen atoms in total. The molecule has 1 N–H and O–H groups in total. The molecule has 1 amide bonds. The number of hydrogen-bond donors (Lipinski definition) is 1. The molecule has 0 bridgehead atoms. The number of rotatable bonds is 8. The lowest BCUT2D eigenvalue weighted by atomic mass is 9.98. The van der Waals surface area contributed by atoms with Crippen LogP contribution >= 0.6 is 0 Å². The maximum atomic E-state index is 12.3. The Morgan fingerprint density at radius 2 is 1.44 bits per heavy atom. The van der Waals surface area contributed by atoms with Gasteiger partial charge in [0.2, 0.25) is 0 Å². The van der Waals surface area contributed by atoms with Gasteiger partial charge in [-0.1, -0.05) is 78.9 Å². The van der Waals surface area contributed by atoms with Crippen molar-refractivity contribution in [2.45, 2.75) is 38.3 Å². The van der Waals surface area contributed by atoms with Crippen molar-refractivity contribution < 1.29 is 19.1 Å². The average molecular weight is 430 g/mol. The fraction of sp³-hybridized carbons (Fsp3) is 0.259. The number of benzene rings is 3. The number of fused-ring (bicyclic) bond motifs is 3. The number of ether oxygens (including phenoxy) is 2. The largest absolute Gasteiger partial charge is 0.461 e. The number of amides is 1. The van der Waals surface area contributed by atoms with Crippen LogP contribution in [0, 0.1) is 0 Å². The van der Waals surface area contributed by atoms with E-state index in [2.05, 4.69) is 29.6 Å². The normalized spacial score (nSPS) is 13.0. The van der Waals surface area contributed by atoms with Gasteiger partial charge >= 0.3 is 12.1 Å². The lowest BCUT2D eigenvalue weighted by Crippen LogP contribution is -2.34. The minimum absolute atomic E-state index is 0.0245. The first-order valence-corrected chi connectivity index (χ1v) is 10.9. The molecule has 0 saturated carbocycles. The Balaban J connectivity index is 1.22. The number of nitrogens with one attached hydrogen (secondary N) is 1. The van der Waals surface area contributed by atoms with Gasteiger partial charge < -0.3 is 14.8 Å². The number of alkyl carbamates (subject to hydrolysis) is 1. The Morgan fingerprint density at radius 3 is 2.09 bits per heavy atom. The van der Waals surface area contributed by atoms with E-state index >= 15 is 0 Å².